The molecule has 0 aromatic heterocycles. The highest BCUT2D eigenvalue weighted by Crippen LogP contribution is 2.29. The van der Waals surface area contributed by atoms with Crippen molar-refractivity contribution in [2.75, 3.05) is 13.1 Å². The minimum absolute atomic E-state index is 0.0610. The van der Waals surface area contributed by atoms with Gasteiger partial charge in [-0.3, -0.25) is 0 Å². The van der Waals surface area contributed by atoms with Gasteiger partial charge < -0.3 is 10.1 Å². The van der Waals surface area contributed by atoms with Crippen molar-refractivity contribution in [1.82, 2.24) is 5.32 Å². The van der Waals surface area contributed by atoms with E-state index in [0.717, 1.165) is 18.7 Å². The van der Waals surface area contributed by atoms with Gasteiger partial charge >= 0.3 is 0 Å². The zero-order valence-electron chi connectivity index (χ0n) is 10.0. The molecule has 2 nitrogen and oxygen atoms in total. The molecule has 2 unspecified atom stereocenters. The fraction of sp³-hybridized carbons (Fsp3) is 0.538. The maximum Gasteiger partial charge on any atom is 0.0954 e. The third kappa shape index (κ3) is 3.14. The summed E-state index contributed by atoms with van der Waals surface area (Å²) >= 11 is 11.9. The van der Waals surface area contributed by atoms with Crippen molar-refractivity contribution in [3.63, 3.8) is 0 Å². The van der Waals surface area contributed by atoms with Crippen LogP contribution in [0, 0.1) is 5.92 Å². The SMILES string of the molecule is CC(C)C1CNCC(c2ccc(Cl)c(Cl)c2)O1. The molecular formula is C13H17Cl2NO. The molecule has 0 saturated carbocycles. The maximum absolute atomic E-state index is 6.06. The van der Waals surface area contributed by atoms with E-state index in [1.807, 2.05) is 18.2 Å². The summed E-state index contributed by atoms with van der Waals surface area (Å²) in [6.45, 7) is 6.07. The first-order valence-corrected chi connectivity index (χ1v) is 6.64. The van der Waals surface area contributed by atoms with Gasteiger partial charge in [0.2, 0.25) is 0 Å². The predicted molar refractivity (Wildman–Crippen MR) is 71.8 cm³/mol. The molecule has 1 aromatic carbocycles. The third-order valence-corrected chi connectivity index (χ3v) is 3.81. The van der Waals surface area contributed by atoms with E-state index in [-0.39, 0.29) is 12.2 Å². The molecule has 0 amide bonds. The summed E-state index contributed by atoms with van der Waals surface area (Å²) in [6.07, 6.45) is 0.314. The molecule has 17 heavy (non-hydrogen) atoms. The Balaban J connectivity index is 2.13. The molecule has 1 aliphatic heterocycles. The van der Waals surface area contributed by atoms with Crippen molar-refractivity contribution in [3.05, 3.63) is 33.8 Å². The van der Waals surface area contributed by atoms with Crippen LogP contribution in [0.3, 0.4) is 0 Å². The minimum Gasteiger partial charge on any atom is -0.367 e. The third-order valence-electron chi connectivity index (χ3n) is 3.07. The van der Waals surface area contributed by atoms with Gasteiger partial charge in [-0.25, -0.2) is 0 Å². The number of benzene rings is 1. The average molecular weight is 274 g/mol. The van der Waals surface area contributed by atoms with Crippen LogP contribution >= 0.6 is 23.2 Å². The van der Waals surface area contributed by atoms with Gasteiger partial charge in [0.25, 0.3) is 0 Å². The fourth-order valence-corrected chi connectivity index (χ4v) is 2.27. The van der Waals surface area contributed by atoms with Gasteiger partial charge in [-0.2, -0.15) is 0 Å². The lowest BCUT2D eigenvalue weighted by molar-refractivity contribution is -0.0603. The Kier molecular flexibility index (Phi) is 4.31. The van der Waals surface area contributed by atoms with Crippen LogP contribution in [0.4, 0.5) is 0 Å². The summed E-state index contributed by atoms with van der Waals surface area (Å²) in [5.74, 6) is 0.507. The molecule has 2 atom stereocenters. The molecule has 4 heteroatoms. The zero-order chi connectivity index (χ0) is 12.4. The van der Waals surface area contributed by atoms with E-state index in [0.29, 0.717) is 16.0 Å². The Bertz CT molecular complexity index is 395. The van der Waals surface area contributed by atoms with Crippen molar-refractivity contribution in [2.45, 2.75) is 26.1 Å². The standard InChI is InChI=1S/C13H17Cl2NO/c1-8(2)12-6-16-7-13(17-12)9-3-4-10(14)11(15)5-9/h3-5,8,12-13,16H,6-7H2,1-2H3. The van der Waals surface area contributed by atoms with Crippen LogP contribution in [0.5, 0.6) is 0 Å². The summed E-state index contributed by atoms with van der Waals surface area (Å²) in [5.41, 5.74) is 1.08. The van der Waals surface area contributed by atoms with Crippen LogP contribution in [-0.2, 0) is 4.74 Å². The zero-order valence-corrected chi connectivity index (χ0v) is 11.6. The Hall–Kier alpha value is -0.280. The van der Waals surface area contributed by atoms with Gasteiger partial charge in [-0.05, 0) is 23.6 Å². The van der Waals surface area contributed by atoms with Gasteiger partial charge in [0.1, 0.15) is 0 Å². The molecule has 1 saturated heterocycles. The molecule has 0 radical (unpaired) electrons. The van der Waals surface area contributed by atoms with Crippen LogP contribution in [0.2, 0.25) is 10.0 Å². The van der Waals surface area contributed by atoms with Crippen molar-refractivity contribution in [2.24, 2.45) is 5.92 Å². The fourth-order valence-electron chi connectivity index (χ4n) is 1.97. The molecule has 1 N–H and O–H groups in total. The lowest BCUT2D eigenvalue weighted by Crippen LogP contribution is -2.43. The summed E-state index contributed by atoms with van der Waals surface area (Å²) in [5, 5.41) is 4.56. The number of hydrogen-bond acceptors (Lipinski definition) is 2. The van der Waals surface area contributed by atoms with Gasteiger partial charge in [-0.1, -0.05) is 43.1 Å². The number of hydrogen-bond donors (Lipinski definition) is 1. The van der Waals surface area contributed by atoms with E-state index in [9.17, 15) is 0 Å². The van der Waals surface area contributed by atoms with Gasteiger partial charge in [0.15, 0.2) is 0 Å². The lowest BCUT2D eigenvalue weighted by Gasteiger charge is -2.33. The van der Waals surface area contributed by atoms with Crippen molar-refractivity contribution in [3.8, 4) is 0 Å². The number of morpholine rings is 1. The van der Waals surface area contributed by atoms with E-state index in [1.165, 1.54) is 0 Å². The summed E-state index contributed by atoms with van der Waals surface area (Å²) in [6, 6.07) is 5.68. The first-order chi connectivity index (χ1) is 8.08. The Labute approximate surface area is 112 Å². The summed E-state index contributed by atoms with van der Waals surface area (Å²) in [4.78, 5) is 0. The van der Waals surface area contributed by atoms with E-state index in [4.69, 9.17) is 27.9 Å². The van der Waals surface area contributed by atoms with E-state index < -0.39 is 0 Å². The Morgan fingerprint density at radius 3 is 2.65 bits per heavy atom. The molecule has 0 spiro atoms. The van der Waals surface area contributed by atoms with Gasteiger partial charge in [0, 0.05) is 13.1 Å². The number of rotatable bonds is 2. The van der Waals surface area contributed by atoms with Crippen molar-refractivity contribution >= 4 is 23.2 Å². The molecule has 2 rings (SSSR count). The minimum atomic E-state index is 0.0610. The molecule has 0 bridgehead atoms. The van der Waals surface area contributed by atoms with Crippen molar-refractivity contribution < 1.29 is 4.74 Å². The molecule has 0 aliphatic carbocycles. The summed E-state index contributed by atoms with van der Waals surface area (Å²) in [7, 11) is 0. The van der Waals surface area contributed by atoms with E-state index >= 15 is 0 Å². The first kappa shape index (κ1) is 13.2. The first-order valence-electron chi connectivity index (χ1n) is 5.89. The van der Waals surface area contributed by atoms with Crippen LogP contribution in [0.15, 0.2) is 18.2 Å². The molecule has 1 fully saturated rings. The largest absolute Gasteiger partial charge is 0.367 e. The lowest BCUT2D eigenvalue weighted by atomic mass is 10.0. The number of ether oxygens (including phenoxy) is 1. The summed E-state index contributed by atoms with van der Waals surface area (Å²) < 4.78 is 6.06. The van der Waals surface area contributed by atoms with Crippen LogP contribution < -0.4 is 5.32 Å². The van der Waals surface area contributed by atoms with Crippen LogP contribution in [0.25, 0.3) is 0 Å². The van der Waals surface area contributed by atoms with Gasteiger partial charge in [-0.15, -0.1) is 0 Å². The second-order valence-corrected chi connectivity index (χ2v) is 5.55. The molecule has 1 aliphatic rings. The Morgan fingerprint density at radius 2 is 2.00 bits per heavy atom. The smallest absolute Gasteiger partial charge is 0.0954 e. The van der Waals surface area contributed by atoms with E-state index in [2.05, 4.69) is 19.2 Å². The van der Waals surface area contributed by atoms with Crippen LogP contribution in [-0.4, -0.2) is 19.2 Å². The molecule has 1 aromatic rings. The highest BCUT2D eigenvalue weighted by Gasteiger charge is 2.25. The van der Waals surface area contributed by atoms with E-state index in [1.54, 1.807) is 0 Å². The topological polar surface area (TPSA) is 21.3 Å². The van der Waals surface area contributed by atoms with Gasteiger partial charge in [0.05, 0.1) is 22.3 Å². The maximum atomic E-state index is 6.06. The second-order valence-electron chi connectivity index (χ2n) is 4.74. The molecular weight excluding hydrogens is 257 g/mol. The molecule has 1 heterocycles. The second kappa shape index (κ2) is 5.57. The predicted octanol–water partition coefficient (Wildman–Crippen LogP) is 3.68. The highest BCUT2D eigenvalue weighted by molar-refractivity contribution is 6.42. The number of halogens is 2. The van der Waals surface area contributed by atoms with Crippen LogP contribution in [0.1, 0.15) is 25.5 Å². The number of nitrogens with one attached hydrogen (secondary N) is 1. The molecule has 94 valence electrons. The Morgan fingerprint density at radius 1 is 1.24 bits per heavy atom. The normalized spacial score (nSPS) is 25.2. The monoisotopic (exact) mass is 273 g/mol. The average Bonchev–Trinajstić information content (AvgIpc) is 2.33. The highest BCUT2D eigenvalue weighted by atomic mass is 35.5. The van der Waals surface area contributed by atoms with Crippen molar-refractivity contribution in [1.29, 1.82) is 0 Å². The quantitative estimate of drug-likeness (QED) is 0.888.